The van der Waals surface area contributed by atoms with Crippen molar-refractivity contribution in [1.29, 1.82) is 0 Å². The van der Waals surface area contributed by atoms with Crippen molar-refractivity contribution >= 4 is 5.97 Å². The Morgan fingerprint density at radius 2 is 1.86 bits per heavy atom. The van der Waals surface area contributed by atoms with Crippen LogP contribution in [0.25, 0.3) is 0 Å². The van der Waals surface area contributed by atoms with Crippen LogP contribution in [-0.4, -0.2) is 86.1 Å². The summed E-state index contributed by atoms with van der Waals surface area (Å²) in [4.78, 5) is 11.4. The number of hydrogen-bond acceptors (Lipinski definition) is 8. The molecule has 0 bridgehead atoms. The minimum absolute atomic E-state index is 0.0469. The molecule has 0 amide bonds. The van der Waals surface area contributed by atoms with Gasteiger partial charge in [-0.05, 0) is 54.8 Å². The lowest BCUT2D eigenvalue weighted by Gasteiger charge is -2.62. The molecule has 1 heterocycles. The second-order valence-electron chi connectivity index (χ2n) is 12.0. The maximum atomic E-state index is 11.4. The predicted molar refractivity (Wildman–Crippen MR) is 125 cm³/mol. The van der Waals surface area contributed by atoms with E-state index in [4.69, 9.17) is 9.47 Å². The fourth-order valence-electron chi connectivity index (χ4n) is 7.41. The molecule has 1 aliphatic heterocycles. The zero-order chi connectivity index (χ0) is 25.9. The van der Waals surface area contributed by atoms with E-state index in [2.05, 4.69) is 26.5 Å². The highest BCUT2D eigenvalue weighted by Crippen LogP contribution is 2.63. The van der Waals surface area contributed by atoms with Crippen LogP contribution in [0.4, 0.5) is 0 Å². The second kappa shape index (κ2) is 9.20. The lowest BCUT2D eigenvalue weighted by Crippen LogP contribution is -2.64. The first-order chi connectivity index (χ1) is 16.3. The highest BCUT2D eigenvalue weighted by molar-refractivity contribution is 5.73. The van der Waals surface area contributed by atoms with Crippen LogP contribution in [0.5, 0.6) is 0 Å². The molecule has 3 aliphatic carbocycles. The van der Waals surface area contributed by atoms with Crippen LogP contribution in [0.15, 0.2) is 24.3 Å². The minimum Gasteiger partial charge on any atom is -0.479 e. The lowest BCUT2D eigenvalue weighted by molar-refractivity contribution is -0.309. The van der Waals surface area contributed by atoms with E-state index in [0.717, 1.165) is 19.3 Å². The number of carbonyl (C=O) groups is 1. The van der Waals surface area contributed by atoms with Crippen molar-refractivity contribution in [3.05, 3.63) is 24.3 Å². The van der Waals surface area contributed by atoms with Crippen LogP contribution in [0.1, 0.15) is 52.9 Å². The summed E-state index contributed by atoms with van der Waals surface area (Å²) in [7, 11) is 0. The molecule has 0 spiro atoms. The summed E-state index contributed by atoms with van der Waals surface area (Å²) < 4.78 is 11.1. The number of aliphatic hydroxyl groups excluding tert-OH is 5. The summed E-state index contributed by atoms with van der Waals surface area (Å²) >= 11 is 0. The quantitative estimate of drug-likeness (QED) is 0.305. The van der Waals surface area contributed by atoms with Gasteiger partial charge in [-0.1, -0.05) is 38.5 Å². The van der Waals surface area contributed by atoms with E-state index >= 15 is 0 Å². The topological polar surface area (TPSA) is 157 Å². The molecule has 12 atom stereocenters. The van der Waals surface area contributed by atoms with Crippen molar-refractivity contribution in [2.45, 2.75) is 95.8 Å². The molecule has 0 radical (unpaired) electrons. The molecule has 9 nitrogen and oxygen atoms in total. The van der Waals surface area contributed by atoms with Crippen molar-refractivity contribution < 1.29 is 44.9 Å². The molecule has 6 N–H and O–H groups in total. The molecule has 35 heavy (non-hydrogen) atoms. The third-order valence-corrected chi connectivity index (χ3v) is 9.62. The standard InChI is InChI=1S/C26H40O9/c1-5-24(2)9-8-14-13(10-24)6-7-16-25(14,3)11-15(27)21(31)26(16,4)12-34-23-19(30)17(28)18(29)20(35-23)22(32)33/h5-6,14-21,23,27-31H,1,7-12H2,2-4H3,(H,32,33)/t14-,15+,16+,17+,18-,19-,20-,21-,23+,24-,25+,26+/m0/s1. The summed E-state index contributed by atoms with van der Waals surface area (Å²) in [5, 5.41) is 61.8. The third kappa shape index (κ3) is 4.29. The Hall–Kier alpha value is -1.33. The molecule has 0 aromatic carbocycles. The van der Waals surface area contributed by atoms with Crippen LogP contribution in [-0.2, 0) is 14.3 Å². The maximum Gasteiger partial charge on any atom is 0.335 e. The number of fused-ring (bicyclic) bond motifs is 3. The molecule has 0 aromatic heterocycles. The Labute approximate surface area is 206 Å². The van der Waals surface area contributed by atoms with Gasteiger partial charge >= 0.3 is 5.97 Å². The van der Waals surface area contributed by atoms with Crippen LogP contribution < -0.4 is 0 Å². The number of ether oxygens (including phenoxy) is 2. The minimum atomic E-state index is -1.81. The van der Waals surface area contributed by atoms with Gasteiger partial charge in [0.25, 0.3) is 0 Å². The van der Waals surface area contributed by atoms with E-state index < -0.39 is 54.3 Å². The maximum absolute atomic E-state index is 11.4. The van der Waals surface area contributed by atoms with Crippen LogP contribution in [0.2, 0.25) is 0 Å². The number of hydrogen-bond donors (Lipinski definition) is 6. The SMILES string of the molecule is C=C[C@@]1(C)CC[C@H]2C(=CC[C@@H]3[C@]2(C)C[C@@H](O)[C@H](O)[C@]3(C)CO[C@@H]2O[C@H](C(=O)O)[C@@H](O)[C@@H](O)[C@@H]2O)C1. The van der Waals surface area contributed by atoms with E-state index in [-0.39, 0.29) is 29.3 Å². The second-order valence-corrected chi connectivity index (χ2v) is 12.0. The number of carboxylic acids is 1. The molecular formula is C26H40O9. The van der Waals surface area contributed by atoms with Gasteiger partial charge in [0.15, 0.2) is 12.4 Å². The highest BCUT2D eigenvalue weighted by Gasteiger charge is 2.61. The summed E-state index contributed by atoms with van der Waals surface area (Å²) in [5.74, 6) is -1.29. The van der Waals surface area contributed by atoms with Crippen molar-refractivity contribution in [3.8, 4) is 0 Å². The summed E-state index contributed by atoms with van der Waals surface area (Å²) in [6.45, 7) is 10.1. The van der Waals surface area contributed by atoms with E-state index in [1.807, 2.05) is 13.0 Å². The number of carboxylic acid groups (broad SMARTS) is 1. The number of aliphatic hydroxyl groups is 5. The van der Waals surface area contributed by atoms with Gasteiger partial charge in [-0.15, -0.1) is 6.58 Å². The Kier molecular flexibility index (Phi) is 7.03. The first-order valence-corrected chi connectivity index (χ1v) is 12.5. The lowest BCUT2D eigenvalue weighted by atomic mass is 9.44. The van der Waals surface area contributed by atoms with Crippen molar-refractivity contribution in [2.24, 2.45) is 28.1 Å². The fourth-order valence-corrected chi connectivity index (χ4v) is 7.41. The zero-order valence-corrected chi connectivity index (χ0v) is 20.7. The van der Waals surface area contributed by atoms with E-state index in [1.54, 1.807) is 0 Å². The molecule has 0 aromatic rings. The normalized spacial score (nSPS) is 52.1. The van der Waals surface area contributed by atoms with Gasteiger partial charge < -0.3 is 40.1 Å². The monoisotopic (exact) mass is 496 g/mol. The van der Waals surface area contributed by atoms with Crippen molar-refractivity contribution in [3.63, 3.8) is 0 Å². The Balaban J connectivity index is 1.59. The van der Waals surface area contributed by atoms with E-state index in [9.17, 15) is 35.4 Å². The average molecular weight is 497 g/mol. The number of rotatable bonds is 5. The number of aliphatic carboxylic acids is 1. The molecule has 198 valence electrons. The molecule has 0 unspecified atom stereocenters. The predicted octanol–water partition coefficient (Wildman–Crippen LogP) is 0.972. The fraction of sp³-hybridized carbons (Fsp3) is 0.808. The van der Waals surface area contributed by atoms with Gasteiger partial charge in [0, 0.05) is 5.41 Å². The average Bonchev–Trinajstić information content (AvgIpc) is 2.80. The van der Waals surface area contributed by atoms with Gasteiger partial charge in [-0.2, -0.15) is 0 Å². The largest absolute Gasteiger partial charge is 0.479 e. The Bertz CT molecular complexity index is 875. The van der Waals surface area contributed by atoms with Crippen LogP contribution in [0.3, 0.4) is 0 Å². The van der Waals surface area contributed by atoms with Crippen molar-refractivity contribution in [2.75, 3.05) is 6.61 Å². The molecule has 2 saturated carbocycles. The number of allylic oxidation sites excluding steroid dienone is 3. The smallest absolute Gasteiger partial charge is 0.335 e. The van der Waals surface area contributed by atoms with Gasteiger partial charge in [-0.3, -0.25) is 0 Å². The summed E-state index contributed by atoms with van der Waals surface area (Å²) in [5.41, 5.74) is 0.188. The van der Waals surface area contributed by atoms with Gasteiger partial charge in [0.1, 0.15) is 18.3 Å². The van der Waals surface area contributed by atoms with Gasteiger partial charge in [-0.25, -0.2) is 4.79 Å². The molecular weight excluding hydrogens is 456 g/mol. The van der Waals surface area contributed by atoms with E-state index in [0.29, 0.717) is 12.8 Å². The first kappa shape index (κ1) is 26.7. The summed E-state index contributed by atoms with van der Waals surface area (Å²) in [6, 6.07) is 0. The van der Waals surface area contributed by atoms with Crippen LogP contribution >= 0.6 is 0 Å². The molecule has 3 fully saturated rings. The first-order valence-electron chi connectivity index (χ1n) is 12.5. The zero-order valence-electron chi connectivity index (χ0n) is 20.7. The van der Waals surface area contributed by atoms with E-state index in [1.165, 1.54) is 5.57 Å². The van der Waals surface area contributed by atoms with Gasteiger partial charge in [0.05, 0.1) is 18.8 Å². The van der Waals surface area contributed by atoms with Gasteiger partial charge in [0.2, 0.25) is 0 Å². The molecule has 4 rings (SSSR count). The molecule has 1 saturated heterocycles. The molecule has 9 heteroatoms. The molecule has 4 aliphatic rings. The Morgan fingerprint density at radius 3 is 2.49 bits per heavy atom. The Morgan fingerprint density at radius 1 is 1.17 bits per heavy atom. The summed E-state index contributed by atoms with van der Waals surface area (Å²) in [6.07, 6.45) is -2.31. The van der Waals surface area contributed by atoms with Crippen LogP contribution in [0, 0.1) is 28.1 Å². The third-order valence-electron chi connectivity index (χ3n) is 9.62. The van der Waals surface area contributed by atoms with Crippen molar-refractivity contribution in [1.82, 2.24) is 0 Å². The highest BCUT2D eigenvalue weighted by atomic mass is 16.7.